The van der Waals surface area contributed by atoms with E-state index in [0.29, 0.717) is 24.2 Å². The first kappa shape index (κ1) is 19.5. The molecule has 3 nitrogen and oxygen atoms in total. The number of ketones is 2. The molecule has 144 valence electrons. The number of aliphatic hydroxyl groups is 1. The Morgan fingerprint density at radius 1 is 1.27 bits per heavy atom. The number of aliphatic hydroxyl groups excluding tert-OH is 1. The van der Waals surface area contributed by atoms with Crippen molar-refractivity contribution in [3.8, 4) is 0 Å². The fourth-order valence-corrected chi connectivity index (χ4v) is 6.30. The maximum Gasteiger partial charge on any atom is 0.164 e. The molecule has 3 rings (SSSR count). The molecule has 6 atom stereocenters. The number of hydrogen-bond acceptors (Lipinski definition) is 3. The Kier molecular flexibility index (Phi) is 5.31. The van der Waals surface area contributed by atoms with Crippen LogP contribution >= 0.6 is 0 Å². The topological polar surface area (TPSA) is 54.4 Å². The summed E-state index contributed by atoms with van der Waals surface area (Å²) in [5.74, 6) is 1.92. The third-order valence-corrected chi connectivity index (χ3v) is 8.34. The van der Waals surface area contributed by atoms with Gasteiger partial charge in [0.25, 0.3) is 0 Å². The summed E-state index contributed by atoms with van der Waals surface area (Å²) in [6.45, 7) is 8.48. The highest BCUT2D eigenvalue weighted by Crippen LogP contribution is 2.66. The molecule has 1 fully saturated rings. The maximum absolute atomic E-state index is 12.8. The molecule has 0 amide bonds. The molecular formula is C23H34O3. The van der Waals surface area contributed by atoms with E-state index in [1.54, 1.807) is 6.08 Å². The number of carbonyl (C=O) groups excluding carboxylic acids is 2. The van der Waals surface area contributed by atoms with Crippen LogP contribution in [-0.4, -0.2) is 23.3 Å². The summed E-state index contributed by atoms with van der Waals surface area (Å²) in [4.78, 5) is 24.7. The minimum atomic E-state index is -0.460. The van der Waals surface area contributed by atoms with Crippen molar-refractivity contribution in [2.75, 3.05) is 6.61 Å². The molecule has 0 aromatic rings. The van der Waals surface area contributed by atoms with Crippen LogP contribution in [0.2, 0.25) is 0 Å². The van der Waals surface area contributed by atoms with Gasteiger partial charge in [0.2, 0.25) is 0 Å². The molecule has 0 aliphatic heterocycles. The lowest BCUT2D eigenvalue weighted by Gasteiger charge is -2.50. The van der Waals surface area contributed by atoms with E-state index >= 15 is 0 Å². The van der Waals surface area contributed by atoms with Crippen molar-refractivity contribution in [3.05, 3.63) is 23.8 Å². The highest BCUT2D eigenvalue weighted by molar-refractivity contribution is 5.89. The third kappa shape index (κ3) is 2.83. The molecule has 0 saturated heterocycles. The Labute approximate surface area is 157 Å². The van der Waals surface area contributed by atoms with Gasteiger partial charge in [-0.25, -0.2) is 0 Å². The zero-order valence-electron chi connectivity index (χ0n) is 16.8. The van der Waals surface area contributed by atoms with E-state index in [4.69, 9.17) is 0 Å². The summed E-state index contributed by atoms with van der Waals surface area (Å²) in [6.07, 6.45) is 11.7. The zero-order chi connectivity index (χ0) is 19.1. The lowest BCUT2D eigenvalue weighted by atomic mass is 9.53. The summed E-state index contributed by atoms with van der Waals surface area (Å²) in [5, 5.41) is 9.63. The quantitative estimate of drug-likeness (QED) is 0.740. The number of Topliss-reactive ketones (excluding diaryl/α,β-unsaturated/α-hetero) is 1. The Hall–Kier alpha value is -1.22. The second-order valence-electron chi connectivity index (χ2n) is 9.34. The van der Waals surface area contributed by atoms with Gasteiger partial charge in [-0.1, -0.05) is 45.4 Å². The Morgan fingerprint density at radius 3 is 2.69 bits per heavy atom. The SMILES string of the molecule is CC1CCC(=O)C=CCCC2C1=CCC1(C)C2CC(C)C1(C)C(=O)CO. The molecule has 0 spiro atoms. The van der Waals surface area contributed by atoms with Crippen molar-refractivity contribution in [2.45, 2.75) is 66.2 Å². The van der Waals surface area contributed by atoms with E-state index in [9.17, 15) is 14.7 Å². The highest BCUT2D eigenvalue weighted by Gasteiger charge is 2.63. The van der Waals surface area contributed by atoms with E-state index in [2.05, 4.69) is 33.8 Å². The van der Waals surface area contributed by atoms with Crippen LogP contribution in [-0.2, 0) is 9.59 Å². The molecular weight excluding hydrogens is 324 g/mol. The predicted octanol–water partition coefficient (Wildman–Crippen LogP) is 4.50. The molecule has 3 heteroatoms. The van der Waals surface area contributed by atoms with Crippen LogP contribution in [0.4, 0.5) is 0 Å². The van der Waals surface area contributed by atoms with E-state index in [0.717, 1.165) is 32.1 Å². The van der Waals surface area contributed by atoms with Gasteiger partial charge in [0.05, 0.1) is 0 Å². The third-order valence-electron chi connectivity index (χ3n) is 8.34. The number of rotatable bonds is 2. The average Bonchev–Trinajstić information content (AvgIpc) is 2.83. The molecule has 0 aromatic heterocycles. The molecule has 6 unspecified atom stereocenters. The molecule has 0 aromatic carbocycles. The Morgan fingerprint density at radius 2 is 2.00 bits per heavy atom. The van der Waals surface area contributed by atoms with Crippen molar-refractivity contribution in [3.63, 3.8) is 0 Å². The van der Waals surface area contributed by atoms with Gasteiger partial charge in [-0.05, 0) is 67.3 Å². The second kappa shape index (κ2) is 7.07. The molecule has 0 bridgehead atoms. The van der Waals surface area contributed by atoms with Gasteiger partial charge in [0.15, 0.2) is 11.6 Å². The van der Waals surface area contributed by atoms with Gasteiger partial charge in [0.1, 0.15) is 6.61 Å². The van der Waals surface area contributed by atoms with Crippen LogP contribution in [0.5, 0.6) is 0 Å². The minimum absolute atomic E-state index is 0.00487. The fraction of sp³-hybridized carbons (Fsp3) is 0.739. The predicted molar refractivity (Wildman–Crippen MR) is 104 cm³/mol. The monoisotopic (exact) mass is 358 g/mol. The Bertz CT molecular complexity index is 646. The van der Waals surface area contributed by atoms with E-state index in [1.165, 1.54) is 5.57 Å². The largest absolute Gasteiger partial charge is 0.389 e. The van der Waals surface area contributed by atoms with Gasteiger partial charge in [-0.15, -0.1) is 0 Å². The summed E-state index contributed by atoms with van der Waals surface area (Å²) < 4.78 is 0. The van der Waals surface area contributed by atoms with Gasteiger partial charge in [0, 0.05) is 11.8 Å². The van der Waals surface area contributed by atoms with Crippen molar-refractivity contribution >= 4 is 11.6 Å². The molecule has 1 saturated carbocycles. The lowest BCUT2D eigenvalue weighted by molar-refractivity contribution is -0.141. The summed E-state index contributed by atoms with van der Waals surface area (Å²) >= 11 is 0. The normalized spacial score (nSPS) is 43.4. The molecule has 1 N–H and O–H groups in total. The fourth-order valence-electron chi connectivity index (χ4n) is 6.30. The van der Waals surface area contributed by atoms with Crippen LogP contribution in [0.25, 0.3) is 0 Å². The summed E-state index contributed by atoms with van der Waals surface area (Å²) in [7, 11) is 0. The number of allylic oxidation sites excluding steroid dienone is 4. The van der Waals surface area contributed by atoms with Crippen LogP contribution in [0, 0.1) is 34.5 Å². The summed E-state index contributed by atoms with van der Waals surface area (Å²) in [6, 6.07) is 0. The van der Waals surface area contributed by atoms with Crippen LogP contribution in [0.15, 0.2) is 23.8 Å². The molecule has 3 aliphatic rings. The minimum Gasteiger partial charge on any atom is -0.389 e. The van der Waals surface area contributed by atoms with Gasteiger partial charge in [-0.3, -0.25) is 9.59 Å². The smallest absolute Gasteiger partial charge is 0.164 e. The first-order chi connectivity index (χ1) is 12.3. The molecule has 0 radical (unpaired) electrons. The lowest BCUT2D eigenvalue weighted by Crippen LogP contribution is -2.49. The van der Waals surface area contributed by atoms with E-state index < -0.39 is 5.41 Å². The van der Waals surface area contributed by atoms with Crippen molar-refractivity contribution in [1.82, 2.24) is 0 Å². The standard InChI is InChI=1S/C23H34O3/c1-15-9-10-17(25)7-5-6-8-19-18(15)11-12-22(3)20(19)13-16(2)23(22,4)21(26)14-24/h5,7,11,15-16,19-20,24H,6,8-10,12-14H2,1-4H3. The molecule has 3 aliphatic carbocycles. The number of carbonyl (C=O) groups is 2. The van der Waals surface area contributed by atoms with Gasteiger partial charge in [-0.2, -0.15) is 0 Å². The van der Waals surface area contributed by atoms with Gasteiger partial charge >= 0.3 is 0 Å². The Balaban J connectivity index is 2.00. The first-order valence-corrected chi connectivity index (χ1v) is 10.3. The van der Waals surface area contributed by atoms with Crippen molar-refractivity contribution in [2.24, 2.45) is 34.5 Å². The van der Waals surface area contributed by atoms with Gasteiger partial charge < -0.3 is 5.11 Å². The zero-order valence-corrected chi connectivity index (χ0v) is 16.8. The number of hydrogen-bond donors (Lipinski definition) is 1. The maximum atomic E-state index is 12.8. The van der Waals surface area contributed by atoms with Crippen LogP contribution < -0.4 is 0 Å². The number of fused-ring (bicyclic) bond motifs is 3. The molecule has 0 heterocycles. The molecule has 26 heavy (non-hydrogen) atoms. The highest BCUT2D eigenvalue weighted by atomic mass is 16.3. The summed E-state index contributed by atoms with van der Waals surface area (Å²) in [5.41, 5.74) is 0.964. The van der Waals surface area contributed by atoms with E-state index in [-0.39, 0.29) is 29.5 Å². The van der Waals surface area contributed by atoms with Crippen LogP contribution in [0.1, 0.15) is 66.2 Å². The van der Waals surface area contributed by atoms with Crippen molar-refractivity contribution < 1.29 is 14.7 Å². The second-order valence-corrected chi connectivity index (χ2v) is 9.34. The van der Waals surface area contributed by atoms with Crippen LogP contribution in [0.3, 0.4) is 0 Å². The average molecular weight is 359 g/mol. The van der Waals surface area contributed by atoms with Crippen molar-refractivity contribution in [1.29, 1.82) is 0 Å². The van der Waals surface area contributed by atoms with E-state index in [1.807, 2.05) is 6.08 Å². The first-order valence-electron chi connectivity index (χ1n) is 10.3.